The number of rotatable bonds is 6. The Balaban J connectivity index is 1.28. The van der Waals surface area contributed by atoms with E-state index in [-0.39, 0.29) is 11.7 Å². The van der Waals surface area contributed by atoms with Crippen molar-refractivity contribution in [3.8, 4) is 0 Å². The summed E-state index contributed by atoms with van der Waals surface area (Å²) in [7, 11) is -3.14. The summed E-state index contributed by atoms with van der Waals surface area (Å²) < 4.78 is 30.3. The van der Waals surface area contributed by atoms with E-state index in [1.54, 1.807) is 0 Å². The molecule has 1 aliphatic rings. The summed E-state index contributed by atoms with van der Waals surface area (Å²) in [6, 6.07) is 15.0. The summed E-state index contributed by atoms with van der Waals surface area (Å²) in [4.78, 5) is 18.7. The molecule has 0 bridgehead atoms. The van der Waals surface area contributed by atoms with Gasteiger partial charge in [0.25, 0.3) is 5.22 Å². The van der Waals surface area contributed by atoms with E-state index in [2.05, 4.69) is 15.2 Å². The highest BCUT2D eigenvalue weighted by molar-refractivity contribution is 7.99. The van der Waals surface area contributed by atoms with Gasteiger partial charge in [-0.2, -0.15) is 4.31 Å². The molecule has 1 amide bonds. The molecule has 1 fully saturated rings. The fourth-order valence-corrected chi connectivity index (χ4v) is 4.74. The van der Waals surface area contributed by atoms with Crippen LogP contribution in [0.1, 0.15) is 0 Å². The molecule has 2 heterocycles. The van der Waals surface area contributed by atoms with Gasteiger partial charge in [0.05, 0.1) is 12.0 Å². The van der Waals surface area contributed by atoms with Gasteiger partial charge in [0.15, 0.2) is 5.58 Å². The van der Waals surface area contributed by atoms with Crippen LogP contribution in [0, 0.1) is 0 Å². The van der Waals surface area contributed by atoms with Crippen molar-refractivity contribution in [2.45, 2.75) is 5.22 Å². The first-order valence-electron chi connectivity index (χ1n) is 9.47. The van der Waals surface area contributed by atoms with Gasteiger partial charge in [-0.15, -0.1) is 0 Å². The molecule has 1 N–H and O–H groups in total. The average Bonchev–Trinajstić information content (AvgIpc) is 3.15. The van der Waals surface area contributed by atoms with E-state index < -0.39 is 10.0 Å². The first-order valence-corrected chi connectivity index (χ1v) is 12.3. The van der Waals surface area contributed by atoms with Gasteiger partial charge in [0, 0.05) is 37.6 Å². The molecule has 158 valence electrons. The van der Waals surface area contributed by atoms with Gasteiger partial charge < -0.3 is 14.6 Å². The highest BCUT2D eigenvalue weighted by Crippen LogP contribution is 2.24. The fourth-order valence-electron chi connectivity index (χ4n) is 3.27. The number of fused-ring (bicyclic) bond motifs is 1. The van der Waals surface area contributed by atoms with Crippen molar-refractivity contribution >= 4 is 50.2 Å². The van der Waals surface area contributed by atoms with Crippen LogP contribution in [0.25, 0.3) is 11.1 Å². The number of sulfonamides is 1. The average molecular weight is 447 g/mol. The highest BCUT2D eigenvalue weighted by atomic mass is 32.2. The van der Waals surface area contributed by atoms with Crippen LogP contribution >= 0.6 is 11.8 Å². The second-order valence-electron chi connectivity index (χ2n) is 6.98. The minimum absolute atomic E-state index is 0.142. The molecule has 0 saturated carbocycles. The lowest BCUT2D eigenvalue weighted by molar-refractivity contribution is -0.113. The number of hydrogen-bond acceptors (Lipinski definition) is 7. The van der Waals surface area contributed by atoms with Crippen molar-refractivity contribution in [3.63, 3.8) is 0 Å². The van der Waals surface area contributed by atoms with Crippen LogP contribution in [-0.4, -0.2) is 61.8 Å². The Morgan fingerprint density at radius 2 is 1.80 bits per heavy atom. The number of anilines is 2. The van der Waals surface area contributed by atoms with Crippen LogP contribution in [0.3, 0.4) is 0 Å². The van der Waals surface area contributed by atoms with Crippen LogP contribution < -0.4 is 10.2 Å². The van der Waals surface area contributed by atoms with Gasteiger partial charge in [-0.25, -0.2) is 13.4 Å². The molecule has 3 aromatic rings. The molecule has 0 spiro atoms. The van der Waals surface area contributed by atoms with Crippen molar-refractivity contribution in [2.24, 2.45) is 0 Å². The molecule has 1 saturated heterocycles. The summed E-state index contributed by atoms with van der Waals surface area (Å²) in [6.07, 6.45) is 1.24. The number of oxazole rings is 1. The third kappa shape index (κ3) is 4.94. The van der Waals surface area contributed by atoms with Gasteiger partial charge in [-0.05, 0) is 36.4 Å². The first kappa shape index (κ1) is 20.7. The number of carbonyl (C=O) groups excluding carboxylic acids is 1. The van der Waals surface area contributed by atoms with Crippen molar-refractivity contribution < 1.29 is 17.6 Å². The van der Waals surface area contributed by atoms with E-state index in [9.17, 15) is 13.2 Å². The van der Waals surface area contributed by atoms with Crippen LogP contribution in [0.15, 0.2) is 58.2 Å². The summed E-state index contributed by atoms with van der Waals surface area (Å²) >= 11 is 1.25. The summed E-state index contributed by atoms with van der Waals surface area (Å²) in [5, 5.41) is 3.34. The number of carbonyl (C=O) groups is 1. The predicted molar refractivity (Wildman–Crippen MR) is 118 cm³/mol. The molecule has 0 unspecified atom stereocenters. The second-order valence-corrected chi connectivity index (χ2v) is 9.89. The van der Waals surface area contributed by atoms with Gasteiger partial charge in [0.2, 0.25) is 15.9 Å². The minimum Gasteiger partial charge on any atom is -0.431 e. The quantitative estimate of drug-likeness (QED) is 0.582. The maximum atomic E-state index is 12.2. The Morgan fingerprint density at radius 3 is 2.47 bits per heavy atom. The topological polar surface area (TPSA) is 95.8 Å². The zero-order chi connectivity index (χ0) is 21.1. The lowest BCUT2D eigenvalue weighted by Crippen LogP contribution is -2.48. The molecule has 2 aromatic carbocycles. The fraction of sp³-hybridized carbons (Fsp3) is 0.300. The number of benzene rings is 2. The Morgan fingerprint density at radius 1 is 1.10 bits per heavy atom. The van der Waals surface area contributed by atoms with E-state index >= 15 is 0 Å². The normalized spacial score (nSPS) is 15.4. The van der Waals surface area contributed by atoms with Crippen molar-refractivity contribution in [2.75, 3.05) is 48.4 Å². The van der Waals surface area contributed by atoms with Crippen molar-refractivity contribution in [1.29, 1.82) is 0 Å². The molecular weight excluding hydrogens is 424 g/mol. The van der Waals surface area contributed by atoms with Gasteiger partial charge in [0.1, 0.15) is 5.52 Å². The van der Waals surface area contributed by atoms with Crippen molar-refractivity contribution in [1.82, 2.24) is 9.29 Å². The van der Waals surface area contributed by atoms with Gasteiger partial charge in [-0.1, -0.05) is 23.9 Å². The maximum Gasteiger partial charge on any atom is 0.257 e. The third-order valence-electron chi connectivity index (χ3n) is 4.82. The number of nitrogens with one attached hydrogen (secondary N) is 1. The zero-order valence-electron chi connectivity index (χ0n) is 16.4. The van der Waals surface area contributed by atoms with Crippen LogP contribution in [-0.2, 0) is 14.8 Å². The summed E-state index contributed by atoms with van der Waals surface area (Å²) in [6.45, 7) is 2.23. The minimum atomic E-state index is -3.14. The molecule has 1 aliphatic heterocycles. The van der Waals surface area contributed by atoms with E-state index in [4.69, 9.17) is 4.42 Å². The number of piperazine rings is 1. The Hall–Kier alpha value is -2.56. The molecule has 0 radical (unpaired) electrons. The molecular formula is C20H22N4O4S2. The third-order valence-corrected chi connectivity index (χ3v) is 6.96. The molecule has 1 aromatic heterocycles. The highest BCUT2D eigenvalue weighted by Gasteiger charge is 2.23. The lowest BCUT2D eigenvalue weighted by Gasteiger charge is -2.34. The van der Waals surface area contributed by atoms with E-state index in [0.29, 0.717) is 42.7 Å². The number of amides is 1. The number of aromatic nitrogens is 1. The van der Waals surface area contributed by atoms with E-state index in [1.807, 2.05) is 48.5 Å². The Kier molecular flexibility index (Phi) is 5.98. The molecule has 10 heteroatoms. The molecule has 30 heavy (non-hydrogen) atoms. The second kappa shape index (κ2) is 8.66. The smallest absolute Gasteiger partial charge is 0.257 e. The van der Waals surface area contributed by atoms with Gasteiger partial charge in [-0.3, -0.25) is 4.79 Å². The number of thioether (sulfide) groups is 1. The standard InChI is InChI=1S/C20H22N4O4S2/c1-30(26,27)24-12-10-23(11-13-24)16-8-6-15(7-9-16)21-19(25)14-29-20-22-17-4-2-3-5-18(17)28-20/h2-9H,10-14H2,1H3,(H,21,25). The van der Waals surface area contributed by atoms with Crippen molar-refractivity contribution in [3.05, 3.63) is 48.5 Å². The molecule has 0 aliphatic carbocycles. The molecule has 8 nitrogen and oxygen atoms in total. The number of para-hydroxylation sites is 2. The monoisotopic (exact) mass is 446 g/mol. The molecule has 0 atom stereocenters. The summed E-state index contributed by atoms with van der Waals surface area (Å²) in [5.41, 5.74) is 3.18. The van der Waals surface area contributed by atoms with Crippen LogP contribution in [0.5, 0.6) is 0 Å². The lowest BCUT2D eigenvalue weighted by atomic mass is 10.2. The Bertz CT molecular complexity index is 1100. The number of nitrogens with zero attached hydrogens (tertiary/aromatic N) is 3. The van der Waals surface area contributed by atoms with Gasteiger partial charge >= 0.3 is 0 Å². The predicted octanol–water partition coefficient (Wildman–Crippen LogP) is 2.64. The van der Waals surface area contributed by atoms with E-state index in [1.165, 1.54) is 22.3 Å². The van der Waals surface area contributed by atoms with Crippen LogP contribution in [0.2, 0.25) is 0 Å². The first-order chi connectivity index (χ1) is 14.4. The largest absolute Gasteiger partial charge is 0.431 e. The van der Waals surface area contributed by atoms with Crippen LogP contribution in [0.4, 0.5) is 11.4 Å². The molecule has 4 rings (SSSR count). The zero-order valence-corrected chi connectivity index (χ0v) is 18.1. The number of hydrogen-bond donors (Lipinski definition) is 1. The maximum absolute atomic E-state index is 12.2. The summed E-state index contributed by atoms with van der Waals surface area (Å²) in [5.74, 6) is 0.0546. The SMILES string of the molecule is CS(=O)(=O)N1CCN(c2ccc(NC(=O)CSc3nc4ccccc4o3)cc2)CC1. The Labute approximate surface area is 179 Å². The van der Waals surface area contributed by atoms with E-state index in [0.717, 1.165) is 11.2 Å².